The van der Waals surface area contributed by atoms with Crippen molar-refractivity contribution in [2.75, 3.05) is 19.1 Å². The Labute approximate surface area is 103 Å². The quantitative estimate of drug-likeness (QED) is 0.758. The molecular weight excluding hydrogens is 226 g/mol. The van der Waals surface area contributed by atoms with E-state index >= 15 is 0 Å². The van der Waals surface area contributed by atoms with Crippen LogP contribution in [0.5, 0.6) is 0 Å². The molecule has 3 nitrogen and oxygen atoms in total. The van der Waals surface area contributed by atoms with Crippen molar-refractivity contribution in [1.29, 1.82) is 0 Å². The number of alkyl halides is 1. The highest BCUT2D eigenvalue weighted by Crippen LogP contribution is 2.33. The Hall–Kier alpha value is -0.280. The Bertz CT molecular complexity index is 235. The van der Waals surface area contributed by atoms with Crippen molar-refractivity contribution in [3.05, 3.63) is 0 Å². The third-order valence-electron chi connectivity index (χ3n) is 3.19. The molecule has 1 aliphatic rings. The monoisotopic (exact) mass is 247 g/mol. The molecule has 1 N–H and O–H groups in total. The number of halogens is 1. The van der Waals surface area contributed by atoms with E-state index in [-0.39, 0.29) is 18.1 Å². The minimum Gasteiger partial charge on any atom is -0.372 e. The summed E-state index contributed by atoms with van der Waals surface area (Å²) >= 11 is 6.02. The first-order chi connectivity index (χ1) is 7.62. The first-order valence-electron chi connectivity index (χ1n) is 6.06. The average molecular weight is 248 g/mol. The van der Waals surface area contributed by atoms with Crippen LogP contribution in [0.3, 0.4) is 0 Å². The Kier molecular flexibility index (Phi) is 5.56. The maximum absolute atomic E-state index is 11.6. The van der Waals surface area contributed by atoms with Crippen LogP contribution in [-0.2, 0) is 9.53 Å². The Balaban J connectivity index is 2.49. The normalized spacial score (nSPS) is 30.1. The number of carbonyl (C=O) groups excluding carboxylic acids is 1. The van der Waals surface area contributed by atoms with Crippen LogP contribution in [-0.4, -0.2) is 30.5 Å². The molecule has 2 unspecified atom stereocenters. The van der Waals surface area contributed by atoms with E-state index in [0.717, 1.165) is 19.3 Å². The van der Waals surface area contributed by atoms with Crippen LogP contribution in [0.4, 0.5) is 0 Å². The van der Waals surface area contributed by atoms with Gasteiger partial charge in [0.2, 0.25) is 5.91 Å². The molecule has 0 aromatic rings. The summed E-state index contributed by atoms with van der Waals surface area (Å²) in [7, 11) is 0. The summed E-state index contributed by atoms with van der Waals surface area (Å²) in [5, 5.41) is 3.05. The lowest BCUT2D eigenvalue weighted by Crippen LogP contribution is -2.53. The molecule has 4 heteroatoms. The predicted octanol–water partition coefficient (Wildman–Crippen LogP) is 2.33. The lowest BCUT2D eigenvalue weighted by molar-refractivity contribution is -0.127. The Morgan fingerprint density at radius 3 is 2.94 bits per heavy atom. The van der Waals surface area contributed by atoms with E-state index in [1.54, 1.807) is 0 Å². The average Bonchev–Trinajstić information content (AvgIpc) is 2.26. The molecule has 2 atom stereocenters. The maximum Gasteiger partial charge on any atom is 0.246 e. The number of nitrogens with one attached hydrogen (secondary N) is 1. The first kappa shape index (κ1) is 13.8. The standard InChI is InChI=1S/C12H22ClNO2/c1-3-16-8-11(15)14-12(9-13)6-4-5-10(2)7-12/h10H,3-9H2,1-2H3,(H,14,15). The zero-order valence-corrected chi connectivity index (χ0v) is 11.0. The van der Waals surface area contributed by atoms with Crippen LogP contribution in [0.15, 0.2) is 0 Å². The topological polar surface area (TPSA) is 38.3 Å². The summed E-state index contributed by atoms with van der Waals surface area (Å²) in [6.45, 7) is 4.81. The molecule has 0 radical (unpaired) electrons. The second kappa shape index (κ2) is 6.45. The Morgan fingerprint density at radius 2 is 2.38 bits per heavy atom. The fourth-order valence-electron chi connectivity index (χ4n) is 2.45. The summed E-state index contributed by atoms with van der Waals surface area (Å²) in [4.78, 5) is 11.6. The van der Waals surface area contributed by atoms with Gasteiger partial charge in [-0.25, -0.2) is 0 Å². The molecule has 94 valence electrons. The van der Waals surface area contributed by atoms with Crippen molar-refractivity contribution >= 4 is 17.5 Å². The lowest BCUT2D eigenvalue weighted by atomic mass is 9.77. The summed E-state index contributed by atoms with van der Waals surface area (Å²) in [6.07, 6.45) is 4.34. The van der Waals surface area contributed by atoms with Gasteiger partial charge in [0.05, 0.1) is 5.54 Å². The fourth-order valence-corrected chi connectivity index (χ4v) is 2.76. The van der Waals surface area contributed by atoms with Crippen molar-refractivity contribution in [1.82, 2.24) is 5.32 Å². The highest BCUT2D eigenvalue weighted by atomic mass is 35.5. The predicted molar refractivity (Wildman–Crippen MR) is 65.7 cm³/mol. The molecule has 1 aliphatic carbocycles. The number of amides is 1. The van der Waals surface area contributed by atoms with Crippen LogP contribution in [0.25, 0.3) is 0 Å². The summed E-state index contributed by atoms with van der Waals surface area (Å²) in [5.41, 5.74) is -0.201. The number of rotatable bonds is 5. The number of hydrogen-bond acceptors (Lipinski definition) is 2. The molecule has 1 fully saturated rings. The van der Waals surface area contributed by atoms with E-state index in [1.165, 1.54) is 6.42 Å². The molecule has 0 saturated heterocycles. The summed E-state index contributed by atoms with van der Waals surface area (Å²) in [5.74, 6) is 1.09. The van der Waals surface area contributed by atoms with Gasteiger partial charge in [0.25, 0.3) is 0 Å². The van der Waals surface area contributed by atoms with Crippen LogP contribution in [0.1, 0.15) is 39.5 Å². The zero-order valence-electron chi connectivity index (χ0n) is 10.2. The van der Waals surface area contributed by atoms with Gasteiger partial charge in [-0.1, -0.05) is 19.8 Å². The van der Waals surface area contributed by atoms with Gasteiger partial charge in [-0.3, -0.25) is 4.79 Å². The minimum absolute atomic E-state index is 0.0448. The van der Waals surface area contributed by atoms with E-state index in [4.69, 9.17) is 16.3 Å². The molecule has 0 aromatic carbocycles. The molecule has 0 bridgehead atoms. The van der Waals surface area contributed by atoms with Gasteiger partial charge >= 0.3 is 0 Å². The number of ether oxygens (including phenoxy) is 1. The van der Waals surface area contributed by atoms with Crippen molar-refractivity contribution in [2.24, 2.45) is 5.92 Å². The van der Waals surface area contributed by atoms with E-state index < -0.39 is 0 Å². The van der Waals surface area contributed by atoms with E-state index in [9.17, 15) is 4.79 Å². The van der Waals surface area contributed by atoms with E-state index in [2.05, 4.69) is 12.2 Å². The van der Waals surface area contributed by atoms with Gasteiger partial charge in [0.15, 0.2) is 0 Å². The van der Waals surface area contributed by atoms with Crippen molar-refractivity contribution in [3.63, 3.8) is 0 Å². The Morgan fingerprint density at radius 1 is 1.62 bits per heavy atom. The van der Waals surface area contributed by atoms with Gasteiger partial charge in [0, 0.05) is 12.5 Å². The molecule has 0 aliphatic heterocycles. The minimum atomic E-state index is -0.201. The molecule has 1 saturated carbocycles. The van der Waals surface area contributed by atoms with E-state index in [1.807, 2.05) is 6.92 Å². The molecule has 0 aromatic heterocycles. The van der Waals surface area contributed by atoms with Crippen molar-refractivity contribution in [2.45, 2.75) is 45.1 Å². The summed E-state index contributed by atoms with van der Waals surface area (Å²) < 4.78 is 5.10. The van der Waals surface area contributed by atoms with Gasteiger partial charge in [-0.2, -0.15) is 0 Å². The highest BCUT2D eigenvalue weighted by Gasteiger charge is 2.35. The van der Waals surface area contributed by atoms with Gasteiger partial charge in [-0.15, -0.1) is 11.6 Å². The van der Waals surface area contributed by atoms with Crippen LogP contribution in [0.2, 0.25) is 0 Å². The van der Waals surface area contributed by atoms with Crippen molar-refractivity contribution < 1.29 is 9.53 Å². The summed E-state index contributed by atoms with van der Waals surface area (Å²) in [6, 6.07) is 0. The molecule has 1 rings (SSSR count). The molecule has 16 heavy (non-hydrogen) atoms. The number of hydrogen-bond donors (Lipinski definition) is 1. The largest absolute Gasteiger partial charge is 0.372 e. The lowest BCUT2D eigenvalue weighted by Gasteiger charge is -2.39. The maximum atomic E-state index is 11.6. The third kappa shape index (κ3) is 3.95. The van der Waals surface area contributed by atoms with Gasteiger partial charge < -0.3 is 10.1 Å². The van der Waals surface area contributed by atoms with Gasteiger partial charge in [0.1, 0.15) is 6.61 Å². The molecule has 1 amide bonds. The van der Waals surface area contributed by atoms with Crippen LogP contribution < -0.4 is 5.32 Å². The van der Waals surface area contributed by atoms with Crippen LogP contribution >= 0.6 is 11.6 Å². The second-order valence-corrected chi connectivity index (χ2v) is 5.07. The molecular formula is C12H22ClNO2. The molecule has 0 heterocycles. The first-order valence-corrected chi connectivity index (χ1v) is 6.60. The molecule has 0 spiro atoms. The smallest absolute Gasteiger partial charge is 0.246 e. The van der Waals surface area contributed by atoms with E-state index in [0.29, 0.717) is 18.4 Å². The van der Waals surface area contributed by atoms with Gasteiger partial charge in [-0.05, 0) is 25.7 Å². The third-order valence-corrected chi connectivity index (χ3v) is 3.70. The van der Waals surface area contributed by atoms with Crippen molar-refractivity contribution in [3.8, 4) is 0 Å². The fraction of sp³-hybridized carbons (Fsp3) is 0.917. The second-order valence-electron chi connectivity index (χ2n) is 4.80. The highest BCUT2D eigenvalue weighted by molar-refractivity contribution is 6.18. The van der Waals surface area contributed by atoms with Crippen LogP contribution in [0, 0.1) is 5.92 Å². The SMILES string of the molecule is CCOCC(=O)NC1(CCl)CCCC(C)C1. The zero-order chi connectivity index (χ0) is 12.0. The number of carbonyl (C=O) groups is 1.